The molecule has 0 radical (unpaired) electrons. The van der Waals surface area contributed by atoms with Crippen LogP contribution in [0.5, 0.6) is 0 Å². The summed E-state index contributed by atoms with van der Waals surface area (Å²) < 4.78 is 11.1. The standard InChI is InChI=1S/2C7H7O.Ti/c2*8-6-7-4-2-1-3-5-7;/h2*1-5H,6H2;/q2*-1;+2. The van der Waals surface area contributed by atoms with Crippen LogP contribution >= 0.6 is 0 Å². The zero-order valence-corrected chi connectivity index (χ0v) is 11.1. The fourth-order valence-electron chi connectivity index (χ4n) is 1.42. The maximum absolute atomic E-state index is 5.54. The molecule has 2 aromatic rings. The van der Waals surface area contributed by atoms with Gasteiger partial charge in [0.25, 0.3) is 0 Å². The molecule has 17 heavy (non-hydrogen) atoms. The van der Waals surface area contributed by atoms with Crippen LogP contribution in [0.3, 0.4) is 0 Å². The first kappa shape index (κ1) is 12.5. The molecule has 3 heteroatoms. The quantitative estimate of drug-likeness (QED) is 0.587. The third-order valence-electron chi connectivity index (χ3n) is 2.28. The van der Waals surface area contributed by atoms with Crippen molar-refractivity contribution in [2.24, 2.45) is 0 Å². The summed E-state index contributed by atoms with van der Waals surface area (Å²) in [6.07, 6.45) is 0. The Morgan fingerprint density at radius 3 is 1.47 bits per heavy atom. The zero-order chi connectivity index (χ0) is 11.8. The van der Waals surface area contributed by atoms with E-state index in [1.807, 2.05) is 36.4 Å². The van der Waals surface area contributed by atoms with E-state index in [0.29, 0.717) is 13.2 Å². The summed E-state index contributed by atoms with van der Waals surface area (Å²) >= 11 is -0.756. The molecule has 0 N–H and O–H groups in total. The Balaban J connectivity index is 1.61. The molecule has 0 unspecified atom stereocenters. The van der Waals surface area contributed by atoms with Crippen LogP contribution in [-0.4, -0.2) is 0 Å². The van der Waals surface area contributed by atoms with Crippen LogP contribution in [0.4, 0.5) is 0 Å². The second kappa shape index (κ2) is 7.41. The summed E-state index contributed by atoms with van der Waals surface area (Å²) in [6, 6.07) is 20.3. The Bertz CT molecular complexity index is 375. The molecule has 0 heterocycles. The summed E-state index contributed by atoms with van der Waals surface area (Å²) in [7, 11) is 0. The van der Waals surface area contributed by atoms with Crippen LogP contribution in [-0.2, 0) is 39.8 Å². The molecule has 0 saturated carbocycles. The van der Waals surface area contributed by atoms with E-state index in [1.54, 1.807) is 0 Å². The molecular formula is C14H14O2Ti. The van der Waals surface area contributed by atoms with Gasteiger partial charge in [-0.1, -0.05) is 0 Å². The van der Waals surface area contributed by atoms with Gasteiger partial charge < -0.3 is 0 Å². The van der Waals surface area contributed by atoms with Crippen molar-refractivity contribution >= 4 is 0 Å². The average molecular weight is 262 g/mol. The molecule has 0 aliphatic rings. The summed E-state index contributed by atoms with van der Waals surface area (Å²) in [4.78, 5) is 0. The Hall–Kier alpha value is -0.926. The topological polar surface area (TPSA) is 18.5 Å². The number of hydrogen-bond donors (Lipinski definition) is 0. The Morgan fingerprint density at radius 1 is 0.647 bits per heavy atom. The first-order chi connectivity index (χ1) is 8.45. The van der Waals surface area contributed by atoms with E-state index >= 15 is 0 Å². The number of benzene rings is 2. The molecule has 0 aliphatic heterocycles. The molecule has 0 aliphatic carbocycles. The van der Waals surface area contributed by atoms with Crippen molar-refractivity contribution in [1.29, 1.82) is 0 Å². The second-order valence-electron chi connectivity index (χ2n) is 3.63. The van der Waals surface area contributed by atoms with Crippen LogP contribution < -0.4 is 0 Å². The molecule has 0 atom stereocenters. The first-order valence-electron chi connectivity index (χ1n) is 5.51. The predicted molar refractivity (Wildman–Crippen MR) is 62.5 cm³/mol. The van der Waals surface area contributed by atoms with Gasteiger partial charge in [-0.2, -0.15) is 0 Å². The van der Waals surface area contributed by atoms with Crippen LogP contribution in [0.1, 0.15) is 11.1 Å². The van der Waals surface area contributed by atoms with Gasteiger partial charge in [-0.15, -0.1) is 0 Å². The fourth-order valence-corrected chi connectivity index (χ4v) is 2.25. The average Bonchev–Trinajstić information content (AvgIpc) is 2.41. The van der Waals surface area contributed by atoms with Crippen molar-refractivity contribution in [2.45, 2.75) is 13.2 Å². The molecule has 86 valence electrons. The minimum atomic E-state index is -0.756. The third kappa shape index (κ3) is 4.84. The Kier molecular flexibility index (Phi) is 5.46. The maximum atomic E-state index is 5.54. The van der Waals surface area contributed by atoms with Crippen LogP contribution in [0.25, 0.3) is 0 Å². The van der Waals surface area contributed by atoms with Gasteiger partial charge in [-0.25, -0.2) is 0 Å². The van der Waals surface area contributed by atoms with Gasteiger partial charge in [0, 0.05) is 0 Å². The summed E-state index contributed by atoms with van der Waals surface area (Å²) in [5.41, 5.74) is 2.39. The molecule has 0 fully saturated rings. The van der Waals surface area contributed by atoms with Crippen molar-refractivity contribution in [3.8, 4) is 0 Å². The van der Waals surface area contributed by atoms with Gasteiger partial charge in [-0.3, -0.25) is 0 Å². The molecule has 0 aromatic heterocycles. The van der Waals surface area contributed by atoms with Gasteiger partial charge in [0.2, 0.25) is 0 Å². The van der Waals surface area contributed by atoms with E-state index < -0.39 is 19.9 Å². The molecule has 2 nitrogen and oxygen atoms in total. The van der Waals surface area contributed by atoms with E-state index in [-0.39, 0.29) is 0 Å². The molecule has 0 spiro atoms. The molecular weight excluding hydrogens is 248 g/mol. The predicted octanol–water partition coefficient (Wildman–Crippen LogP) is 3.33. The van der Waals surface area contributed by atoms with Crippen molar-refractivity contribution < 1.29 is 26.6 Å². The van der Waals surface area contributed by atoms with Crippen molar-refractivity contribution in [1.82, 2.24) is 0 Å². The van der Waals surface area contributed by atoms with Crippen LogP contribution in [0.15, 0.2) is 60.7 Å². The SMILES string of the molecule is c1ccc(C[O][Ti][O]Cc2ccccc2)cc1. The summed E-state index contributed by atoms with van der Waals surface area (Å²) in [6.45, 7) is 1.30. The van der Waals surface area contributed by atoms with E-state index in [9.17, 15) is 0 Å². The van der Waals surface area contributed by atoms with Crippen molar-refractivity contribution in [3.05, 3.63) is 71.8 Å². The van der Waals surface area contributed by atoms with Gasteiger partial charge in [0.05, 0.1) is 0 Å². The van der Waals surface area contributed by atoms with Crippen LogP contribution in [0.2, 0.25) is 0 Å². The fraction of sp³-hybridized carbons (Fsp3) is 0.143. The Labute approximate surface area is 111 Å². The van der Waals surface area contributed by atoms with E-state index in [0.717, 1.165) is 0 Å². The molecule has 2 aromatic carbocycles. The second-order valence-corrected chi connectivity index (χ2v) is 4.79. The Morgan fingerprint density at radius 2 is 1.06 bits per heavy atom. The number of rotatable bonds is 6. The van der Waals surface area contributed by atoms with Gasteiger partial charge >= 0.3 is 112 Å². The van der Waals surface area contributed by atoms with Crippen molar-refractivity contribution in [2.75, 3.05) is 0 Å². The third-order valence-corrected chi connectivity index (χ3v) is 3.10. The molecule has 0 bridgehead atoms. The monoisotopic (exact) mass is 262 g/mol. The van der Waals surface area contributed by atoms with E-state index in [1.165, 1.54) is 11.1 Å². The summed E-state index contributed by atoms with van der Waals surface area (Å²) in [5.74, 6) is 0. The molecule has 2 rings (SSSR count). The zero-order valence-electron chi connectivity index (χ0n) is 9.50. The van der Waals surface area contributed by atoms with Gasteiger partial charge in [-0.05, 0) is 0 Å². The van der Waals surface area contributed by atoms with Crippen molar-refractivity contribution in [3.63, 3.8) is 0 Å². The molecule has 0 amide bonds. The first-order valence-corrected chi connectivity index (χ1v) is 6.79. The van der Waals surface area contributed by atoms with E-state index in [4.69, 9.17) is 6.64 Å². The summed E-state index contributed by atoms with van der Waals surface area (Å²) in [5, 5.41) is 0. The minimum absolute atomic E-state index is 0.648. The van der Waals surface area contributed by atoms with Gasteiger partial charge in [0.15, 0.2) is 0 Å². The normalized spacial score (nSPS) is 10.1. The van der Waals surface area contributed by atoms with E-state index in [2.05, 4.69) is 24.3 Å². The molecule has 0 saturated heterocycles. The van der Waals surface area contributed by atoms with Crippen LogP contribution in [0, 0.1) is 0 Å². The van der Waals surface area contributed by atoms with Gasteiger partial charge in [0.1, 0.15) is 0 Å². The number of hydrogen-bond acceptors (Lipinski definition) is 2.